The van der Waals surface area contributed by atoms with Crippen molar-refractivity contribution < 1.29 is 0 Å². The van der Waals surface area contributed by atoms with Crippen LogP contribution < -0.4 is 5.32 Å². The summed E-state index contributed by atoms with van der Waals surface area (Å²) in [7, 11) is 2.18. The zero-order chi connectivity index (χ0) is 11.9. The molecule has 1 aliphatic heterocycles. The number of nitrogens with one attached hydrogen (secondary N) is 1. The zero-order valence-corrected chi connectivity index (χ0v) is 12.2. The minimum Gasteiger partial charge on any atom is -0.316 e. The number of fused-ring (bicyclic) bond motifs is 2. The highest BCUT2D eigenvalue weighted by Gasteiger charge is 2.44. The summed E-state index contributed by atoms with van der Waals surface area (Å²) >= 11 is 2.22. The summed E-state index contributed by atoms with van der Waals surface area (Å²) in [5, 5.41) is 3.65. The van der Waals surface area contributed by atoms with E-state index in [-0.39, 0.29) is 0 Å². The molecule has 3 aliphatic rings. The molecular weight excluding hydrogens is 226 g/mol. The molecule has 0 spiro atoms. The second-order valence-electron chi connectivity index (χ2n) is 6.78. The fraction of sp³-hybridized carbons (Fsp3) is 1.00. The summed E-state index contributed by atoms with van der Waals surface area (Å²) in [5.74, 6) is 4.62. The molecule has 2 saturated carbocycles. The predicted octanol–water partition coefficient (Wildman–Crippen LogP) is 3.69. The second kappa shape index (κ2) is 4.77. The Kier molecular flexibility index (Phi) is 3.47. The molecule has 1 N–H and O–H groups in total. The quantitative estimate of drug-likeness (QED) is 0.820. The van der Waals surface area contributed by atoms with Gasteiger partial charge in [-0.1, -0.05) is 6.42 Å². The van der Waals surface area contributed by atoms with Crippen molar-refractivity contribution in [1.82, 2.24) is 5.32 Å². The molecule has 1 heterocycles. The Morgan fingerprint density at radius 3 is 2.76 bits per heavy atom. The highest BCUT2D eigenvalue weighted by Crippen LogP contribution is 2.51. The normalized spacial score (nSPS) is 46.6. The molecular formula is C15H27NS. The second-order valence-corrected chi connectivity index (χ2v) is 8.41. The lowest BCUT2D eigenvalue weighted by atomic mass is 9.80. The van der Waals surface area contributed by atoms with E-state index in [0.717, 1.165) is 23.8 Å². The van der Waals surface area contributed by atoms with Crippen LogP contribution in [-0.4, -0.2) is 23.6 Å². The van der Waals surface area contributed by atoms with E-state index in [2.05, 4.69) is 31.1 Å². The maximum Gasteiger partial charge on any atom is 0.0285 e. The summed E-state index contributed by atoms with van der Waals surface area (Å²) in [4.78, 5) is 0. The van der Waals surface area contributed by atoms with Crippen molar-refractivity contribution in [3.63, 3.8) is 0 Å². The van der Waals surface area contributed by atoms with E-state index < -0.39 is 0 Å². The van der Waals surface area contributed by atoms with Crippen molar-refractivity contribution in [1.29, 1.82) is 0 Å². The number of rotatable bonds is 4. The van der Waals surface area contributed by atoms with Gasteiger partial charge in [-0.15, -0.1) is 0 Å². The summed E-state index contributed by atoms with van der Waals surface area (Å²) in [5.41, 5.74) is 0. The van der Waals surface area contributed by atoms with Gasteiger partial charge < -0.3 is 5.32 Å². The molecule has 0 amide bonds. The van der Waals surface area contributed by atoms with Crippen molar-refractivity contribution >= 4 is 11.8 Å². The summed E-state index contributed by atoms with van der Waals surface area (Å²) in [6.07, 6.45) is 10.5. The number of hydrogen-bond donors (Lipinski definition) is 1. The lowest BCUT2D eigenvalue weighted by Crippen LogP contribution is -2.45. The van der Waals surface area contributed by atoms with Crippen molar-refractivity contribution in [3.8, 4) is 0 Å². The third-order valence-corrected chi connectivity index (χ3v) is 7.40. The first kappa shape index (κ1) is 12.3. The minimum absolute atomic E-state index is 0.524. The van der Waals surface area contributed by atoms with Gasteiger partial charge in [-0.3, -0.25) is 0 Å². The highest BCUT2D eigenvalue weighted by atomic mass is 32.2. The van der Waals surface area contributed by atoms with Crippen LogP contribution in [0.25, 0.3) is 0 Å². The smallest absolute Gasteiger partial charge is 0.0285 e. The van der Waals surface area contributed by atoms with E-state index in [1.165, 1.54) is 37.9 Å². The Bertz CT molecular complexity index is 272. The van der Waals surface area contributed by atoms with Gasteiger partial charge in [0, 0.05) is 10.8 Å². The van der Waals surface area contributed by atoms with Gasteiger partial charge in [-0.2, -0.15) is 11.8 Å². The topological polar surface area (TPSA) is 12.0 Å². The average molecular weight is 253 g/mol. The molecule has 2 heteroatoms. The molecule has 1 saturated heterocycles. The van der Waals surface area contributed by atoms with Gasteiger partial charge in [0.05, 0.1) is 0 Å². The van der Waals surface area contributed by atoms with Crippen LogP contribution >= 0.6 is 11.8 Å². The van der Waals surface area contributed by atoms with Crippen LogP contribution in [0.1, 0.15) is 51.9 Å². The third-order valence-electron chi connectivity index (χ3n) is 5.76. The molecule has 98 valence electrons. The Labute approximate surface area is 111 Å². The van der Waals surface area contributed by atoms with E-state index in [1.807, 2.05) is 0 Å². The number of hydrogen-bond acceptors (Lipinski definition) is 2. The average Bonchev–Trinajstić information content (AvgIpc) is 3.01. The molecule has 5 unspecified atom stereocenters. The molecule has 5 atom stereocenters. The van der Waals surface area contributed by atoms with E-state index in [0.29, 0.717) is 4.75 Å². The van der Waals surface area contributed by atoms with Crippen molar-refractivity contribution in [2.24, 2.45) is 17.8 Å². The van der Waals surface area contributed by atoms with E-state index in [9.17, 15) is 0 Å². The largest absolute Gasteiger partial charge is 0.316 e. The van der Waals surface area contributed by atoms with Crippen LogP contribution in [0.15, 0.2) is 0 Å². The molecule has 17 heavy (non-hydrogen) atoms. The van der Waals surface area contributed by atoms with Crippen LogP contribution in [0, 0.1) is 17.8 Å². The number of thioether (sulfide) groups is 1. The molecule has 0 aromatic carbocycles. The van der Waals surface area contributed by atoms with Crippen molar-refractivity contribution in [3.05, 3.63) is 0 Å². The SMILES string of the molecule is CNC(CC1CC2CCC1C2)C1(C)CCCS1. The van der Waals surface area contributed by atoms with Gasteiger partial charge in [0.25, 0.3) is 0 Å². The van der Waals surface area contributed by atoms with E-state index in [4.69, 9.17) is 0 Å². The van der Waals surface area contributed by atoms with E-state index in [1.54, 1.807) is 12.8 Å². The van der Waals surface area contributed by atoms with Crippen LogP contribution in [0.5, 0.6) is 0 Å². The first-order chi connectivity index (χ1) is 8.21. The van der Waals surface area contributed by atoms with Crippen molar-refractivity contribution in [2.75, 3.05) is 12.8 Å². The molecule has 3 fully saturated rings. The first-order valence-electron chi connectivity index (χ1n) is 7.52. The monoisotopic (exact) mass is 253 g/mol. The highest BCUT2D eigenvalue weighted by molar-refractivity contribution is 8.00. The zero-order valence-electron chi connectivity index (χ0n) is 11.4. The molecule has 3 rings (SSSR count). The standard InChI is InChI=1S/C15H27NS/c1-15(6-3-7-17-15)14(16-2)10-13-9-11-4-5-12(13)8-11/h11-14,16H,3-10H2,1-2H3. The van der Waals surface area contributed by atoms with Gasteiger partial charge in [0.2, 0.25) is 0 Å². The van der Waals surface area contributed by atoms with Crippen LogP contribution in [0.4, 0.5) is 0 Å². The third kappa shape index (κ3) is 2.28. The molecule has 0 aromatic rings. The maximum absolute atomic E-state index is 3.65. The maximum atomic E-state index is 3.65. The molecule has 2 aliphatic carbocycles. The lowest BCUT2D eigenvalue weighted by molar-refractivity contribution is 0.259. The van der Waals surface area contributed by atoms with Gasteiger partial charge in [-0.05, 0) is 76.0 Å². The minimum atomic E-state index is 0.524. The van der Waals surface area contributed by atoms with Gasteiger partial charge in [0.1, 0.15) is 0 Å². The Balaban J connectivity index is 1.62. The first-order valence-corrected chi connectivity index (χ1v) is 8.51. The Hall–Kier alpha value is 0.310. The van der Waals surface area contributed by atoms with E-state index >= 15 is 0 Å². The molecule has 0 aromatic heterocycles. The fourth-order valence-corrected chi connectivity index (χ4v) is 6.17. The van der Waals surface area contributed by atoms with Crippen LogP contribution in [-0.2, 0) is 0 Å². The van der Waals surface area contributed by atoms with Crippen LogP contribution in [0.2, 0.25) is 0 Å². The summed E-state index contributed by atoms with van der Waals surface area (Å²) in [6.45, 7) is 2.50. The fourth-order valence-electron chi connectivity index (χ4n) is 4.72. The molecule has 2 bridgehead atoms. The lowest BCUT2D eigenvalue weighted by Gasteiger charge is -2.36. The van der Waals surface area contributed by atoms with Crippen LogP contribution in [0.3, 0.4) is 0 Å². The van der Waals surface area contributed by atoms with Gasteiger partial charge >= 0.3 is 0 Å². The summed E-state index contributed by atoms with van der Waals surface area (Å²) < 4.78 is 0.524. The predicted molar refractivity (Wildman–Crippen MR) is 76.5 cm³/mol. The Morgan fingerprint density at radius 2 is 2.24 bits per heavy atom. The molecule has 0 radical (unpaired) electrons. The van der Waals surface area contributed by atoms with Gasteiger partial charge in [0.15, 0.2) is 0 Å². The van der Waals surface area contributed by atoms with Gasteiger partial charge in [-0.25, -0.2) is 0 Å². The summed E-state index contributed by atoms with van der Waals surface area (Å²) in [6, 6.07) is 0.749. The van der Waals surface area contributed by atoms with Crippen molar-refractivity contribution in [2.45, 2.75) is 62.7 Å². The Morgan fingerprint density at radius 1 is 1.35 bits per heavy atom. The molecule has 1 nitrogen and oxygen atoms in total.